The van der Waals surface area contributed by atoms with Crippen molar-refractivity contribution < 1.29 is 4.74 Å². The molecule has 0 amide bonds. The van der Waals surface area contributed by atoms with Crippen LogP contribution in [0.15, 0.2) is 46.9 Å². The number of anilines is 1. The van der Waals surface area contributed by atoms with Crippen molar-refractivity contribution >= 4 is 21.6 Å². The lowest BCUT2D eigenvalue weighted by molar-refractivity contribution is 0.304. The number of benzene rings is 2. The van der Waals surface area contributed by atoms with Gasteiger partial charge in [0.25, 0.3) is 0 Å². The zero-order valence-corrected chi connectivity index (χ0v) is 11.2. The molecule has 0 aliphatic heterocycles. The lowest BCUT2D eigenvalue weighted by Gasteiger charge is -2.09. The van der Waals surface area contributed by atoms with Gasteiger partial charge in [0.2, 0.25) is 0 Å². The van der Waals surface area contributed by atoms with Crippen LogP contribution < -0.4 is 10.5 Å². The molecule has 0 saturated heterocycles. The van der Waals surface area contributed by atoms with Crippen molar-refractivity contribution in [1.82, 2.24) is 0 Å². The Morgan fingerprint density at radius 1 is 1.18 bits per heavy atom. The number of hydrogen-bond donors (Lipinski definition) is 1. The second-order valence-electron chi connectivity index (χ2n) is 3.97. The van der Waals surface area contributed by atoms with E-state index in [1.807, 2.05) is 30.3 Å². The maximum absolute atomic E-state index is 5.73. The molecule has 0 unspecified atom stereocenters. The fraction of sp³-hybridized carbons (Fsp3) is 0.143. The normalized spacial score (nSPS) is 10.2. The van der Waals surface area contributed by atoms with Crippen molar-refractivity contribution in [2.24, 2.45) is 0 Å². The summed E-state index contributed by atoms with van der Waals surface area (Å²) in [5.74, 6) is 0.770. The van der Waals surface area contributed by atoms with Crippen LogP contribution in [-0.4, -0.2) is 0 Å². The van der Waals surface area contributed by atoms with Crippen molar-refractivity contribution in [3.8, 4) is 5.75 Å². The highest BCUT2D eigenvalue weighted by atomic mass is 79.9. The molecule has 2 aromatic rings. The summed E-state index contributed by atoms with van der Waals surface area (Å²) in [7, 11) is 0. The van der Waals surface area contributed by atoms with Gasteiger partial charge in [0.05, 0.1) is 4.47 Å². The average Bonchev–Trinajstić information content (AvgIpc) is 2.30. The minimum Gasteiger partial charge on any atom is -0.488 e. The molecule has 3 heteroatoms. The molecule has 2 aromatic carbocycles. The molecule has 2 N–H and O–H groups in total. The van der Waals surface area contributed by atoms with Crippen LogP contribution in [0, 0.1) is 6.92 Å². The van der Waals surface area contributed by atoms with E-state index in [-0.39, 0.29) is 0 Å². The summed E-state index contributed by atoms with van der Waals surface area (Å²) >= 11 is 3.44. The minimum atomic E-state index is 0.545. The summed E-state index contributed by atoms with van der Waals surface area (Å²) in [6.07, 6.45) is 0. The van der Waals surface area contributed by atoms with Crippen LogP contribution in [-0.2, 0) is 6.61 Å². The Balaban J connectivity index is 2.09. The predicted molar refractivity (Wildman–Crippen MR) is 74.1 cm³/mol. The number of rotatable bonds is 3. The van der Waals surface area contributed by atoms with Crippen molar-refractivity contribution in [3.05, 3.63) is 58.1 Å². The molecule has 0 atom stereocenters. The molecule has 0 heterocycles. The Kier molecular flexibility index (Phi) is 3.69. The standard InChI is InChI=1S/C14H14BrNO/c1-10-3-2-4-11(7-10)9-17-14-8-12(16)5-6-13(14)15/h2-8H,9,16H2,1H3. The maximum Gasteiger partial charge on any atom is 0.136 e. The smallest absolute Gasteiger partial charge is 0.136 e. The van der Waals surface area contributed by atoms with Gasteiger partial charge in [-0.3, -0.25) is 0 Å². The minimum absolute atomic E-state index is 0.545. The van der Waals surface area contributed by atoms with E-state index in [1.165, 1.54) is 5.56 Å². The number of halogens is 1. The molecule has 0 aromatic heterocycles. The van der Waals surface area contributed by atoms with Gasteiger partial charge in [-0.05, 0) is 40.5 Å². The van der Waals surface area contributed by atoms with Crippen LogP contribution in [0.3, 0.4) is 0 Å². The number of nitrogen functional groups attached to an aromatic ring is 1. The van der Waals surface area contributed by atoms with Crippen LogP contribution >= 0.6 is 15.9 Å². The molecular formula is C14H14BrNO. The van der Waals surface area contributed by atoms with Gasteiger partial charge in [0, 0.05) is 11.8 Å². The first-order chi connectivity index (χ1) is 8.15. The van der Waals surface area contributed by atoms with E-state index < -0.39 is 0 Å². The third-order valence-corrected chi connectivity index (χ3v) is 3.09. The molecule has 0 radical (unpaired) electrons. The van der Waals surface area contributed by atoms with Gasteiger partial charge in [-0.25, -0.2) is 0 Å². The highest BCUT2D eigenvalue weighted by molar-refractivity contribution is 9.10. The zero-order chi connectivity index (χ0) is 12.3. The summed E-state index contributed by atoms with van der Waals surface area (Å²) in [6, 6.07) is 13.8. The van der Waals surface area contributed by atoms with E-state index in [2.05, 4.69) is 35.0 Å². The van der Waals surface area contributed by atoms with E-state index in [0.717, 1.165) is 15.8 Å². The van der Waals surface area contributed by atoms with Crippen LogP contribution in [0.5, 0.6) is 5.75 Å². The first-order valence-electron chi connectivity index (χ1n) is 5.38. The average molecular weight is 292 g/mol. The summed E-state index contributed by atoms with van der Waals surface area (Å²) in [5.41, 5.74) is 8.81. The van der Waals surface area contributed by atoms with Crippen molar-refractivity contribution in [3.63, 3.8) is 0 Å². The topological polar surface area (TPSA) is 35.2 Å². The van der Waals surface area contributed by atoms with Gasteiger partial charge < -0.3 is 10.5 Å². The fourth-order valence-electron chi connectivity index (χ4n) is 1.59. The maximum atomic E-state index is 5.73. The van der Waals surface area contributed by atoms with Crippen molar-refractivity contribution in [2.45, 2.75) is 13.5 Å². The van der Waals surface area contributed by atoms with Crippen molar-refractivity contribution in [1.29, 1.82) is 0 Å². The first-order valence-corrected chi connectivity index (χ1v) is 6.18. The summed E-state index contributed by atoms with van der Waals surface area (Å²) in [6.45, 7) is 2.61. The molecule has 88 valence electrons. The second kappa shape index (κ2) is 5.23. The molecule has 17 heavy (non-hydrogen) atoms. The van der Waals surface area contributed by atoms with Crippen LogP contribution in [0.2, 0.25) is 0 Å². The zero-order valence-electron chi connectivity index (χ0n) is 9.61. The van der Waals surface area contributed by atoms with Gasteiger partial charge >= 0.3 is 0 Å². The van der Waals surface area contributed by atoms with Gasteiger partial charge in [0.15, 0.2) is 0 Å². The largest absolute Gasteiger partial charge is 0.488 e. The summed E-state index contributed by atoms with van der Waals surface area (Å²) < 4.78 is 6.65. The molecule has 2 nitrogen and oxygen atoms in total. The lowest BCUT2D eigenvalue weighted by atomic mass is 10.1. The van der Waals surface area contributed by atoms with E-state index in [4.69, 9.17) is 10.5 Å². The van der Waals surface area contributed by atoms with Gasteiger partial charge in [-0.2, -0.15) is 0 Å². The molecule has 0 aliphatic carbocycles. The van der Waals surface area contributed by atoms with E-state index in [0.29, 0.717) is 12.3 Å². The van der Waals surface area contributed by atoms with Crippen LogP contribution in [0.1, 0.15) is 11.1 Å². The third kappa shape index (κ3) is 3.24. The number of hydrogen-bond acceptors (Lipinski definition) is 2. The molecular weight excluding hydrogens is 278 g/mol. The van der Waals surface area contributed by atoms with Crippen molar-refractivity contribution in [2.75, 3.05) is 5.73 Å². The molecule has 2 rings (SSSR count). The molecule has 0 bridgehead atoms. The SMILES string of the molecule is Cc1cccc(COc2cc(N)ccc2Br)c1. The third-order valence-electron chi connectivity index (χ3n) is 2.43. The highest BCUT2D eigenvalue weighted by Gasteiger charge is 2.02. The highest BCUT2D eigenvalue weighted by Crippen LogP contribution is 2.27. The number of aryl methyl sites for hydroxylation is 1. The number of nitrogens with two attached hydrogens (primary N) is 1. The lowest BCUT2D eigenvalue weighted by Crippen LogP contribution is -1.97. The van der Waals surface area contributed by atoms with Gasteiger partial charge in [-0.15, -0.1) is 0 Å². The molecule has 0 aliphatic rings. The van der Waals surface area contributed by atoms with Gasteiger partial charge in [-0.1, -0.05) is 29.8 Å². The Morgan fingerprint density at radius 2 is 2.00 bits per heavy atom. The monoisotopic (exact) mass is 291 g/mol. The number of ether oxygens (including phenoxy) is 1. The first kappa shape index (κ1) is 12.0. The summed E-state index contributed by atoms with van der Waals surface area (Å²) in [5, 5.41) is 0. The van der Waals surface area contributed by atoms with Gasteiger partial charge in [0.1, 0.15) is 12.4 Å². The second-order valence-corrected chi connectivity index (χ2v) is 4.82. The Hall–Kier alpha value is -1.48. The van der Waals surface area contributed by atoms with E-state index in [1.54, 1.807) is 0 Å². The molecule has 0 fully saturated rings. The Labute approximate surface area is 110 Å². The quantitative estimate of drug-likeness (QED) is 0.870. The Morgan fingerprint density at radius 3 is 2.76 bits per heavy atom. The fourth-order valence-corrected chi connectivity index (χ4v) is 1.95. The molecule has 0 spiro atoms. The van der Waals surface area contributed by atoms with E-state index in [9.17, 15) is 0 Å². The van der Waals surface area contributed by atoms with E-state index >= 15 is 0 Å². The van der Waals surface area contributed by atoms with Crippen LogP contribution in [0.4, 0.5) is 5.69 Å². The molecule has 0 saturated carbocycles. The summed E-state index contributed by atoms with van der Waals surface area (Å²) in [4.78, 5) is 0. The predicted octanol–water partition coefficient (Wildman–Crippen LogP) is 3.92. The Bertz CT molecular complexity index is 525. The van der Waals surface area contributed by atoms with Crippen LogP contribution in [0.25, 0.3) is 0 Å².